The molecular formula is C5H13ClN2O2. The van der Waals surface area contributed by atoms with Crippen molar-refractivity contribution in [1.82, 2.24) is 0 Å². The molecule has 0 spiro atoms. The number of amides is 1. The highest BCUT2D eigenvalue weighted by molar-refractivity contribution is 5.85. The minimum absolute atomic E-state index is 0. The Morgan fingerprint density at radius 1 is 1.70 bits per heavy atom. The molecule has 0 bridgehead atoms. The summed E-state index contributed by atoms with van der Waals surface area (Å²) in [6, 6.07) is 0. The number of nitrogens with two attached hydrogens (primary N) is 2. The lowest BCUT2D eigenvalue weighted by Crippen LogP contribution is -2.28. The van der Waals surface area contributed by atoms with E-state index in [9.17, 15) is 4.79 Å². The number of rotatable bonds is 4. The Labute approximate surface area is 66.3 Å². The molecule has 1 atom stereocenters. The van der Waals surface area contributed by atoms with Crippen molar-refractivity contribution in [2.75, 3.05) is 13.7 Å². The van der Waals surface area contributed by atoms with E-state index in [4.69, 9.17) is 16.2 Å². The lowest BCUT2D eigenvalue weighted by atomic mass is 10.2. The molecule has 0 aromatic heterocycles. The van der Waals surface area contributed by atoms with Gasteiger partial charge in [-0.2, -0.15) is 0 Å². The van der Waals surface area contributed by atoms with Crippen molar-refractivity contribution < 1.29 is 9.53 Å². The average molecular weight is 169 g/mol. The molecule has 10 heavy (non-hydrogen) atoms. The maximum Gasteiger partial charge on any atom is 0.220 e. The van der Waals surface area contributed by atoms with E-state index >= 15 is 0 Å². The molecule has 4 N–H and O–H groups in total. The highest BCUT2D eigenvalue weighted by Gasteiger charge is 2.06. The number of primary amides is 1. The average Bonchev–Trinajstić information content (AvgIpc) is 1.82. The molecule has 1 amide bonds. The molecule has 0 aliphatic heterocycles. The molecule has 4 nitrogen and oxygen atoms in total. The van der Waals surface area contributed by atoms with Crippen molar-refractivity contribution in [3.8, 4) is 0 Å². The van der Waals surface area contributed by atoms with Crippen LogP contribution < -0.4 is 11.5 Å². The molecule has 0 aromatic carbocycles. The van der Waals surface area contributed by atoms with Gasteiger partial charge in [-0.15, -0.1) is 12.4 Å². The van der Waals surface area contributed by atoms with Crippen LogP contribution in [0.5, 0.6) is 0 Å². The van der Waals surface area contributed by atoms with Crippen molar-refractivity contribution in [2.45, 2.75) is 12.5 Å². The normalized spacial score (nSPS) is 11.8. The van der Waals surface area contributed by atoms with Gasteiger partial charge in [-0.05, 0) is 0 Å². The molecule has 0 saturated carbocycles. The first-order valence-corrected chi connectivity index (χ1v) is 2.72. The number of hydrogen-bond donors (Lipinski definition) is 2. The summed E-state index contributed by atoms with van der Waals surface area (Å²) in [5, 5.41) is 0. The SMILES string of the molecule is COC(CN)CC(N)=O.Cl. The summed E-state index contributed by atoms with van der Waals surface area (Å²) >= 11 is 0. The van der Waals surface area contributed by atoms with Crippen LogP contribution in [0.2, 0.25) is 0 Å². The Morgan fingerprint density at radius 3 is 2.30 bits per heavy atom. The van der Waals surface area contributed by atoms with Gasteiger partial charge in [0, 0.05) is 13.7 Å². The second-order valence-electron chi connectivity index (χ2n) is 1.76. The number of carbonyl (C=O) groups excluding carboxylic acids is 1. The first-order chi connectivity index (χ1) is 4.20. The van der Waals surface area contributed by atoms with E-state index in [0.717, 1.165) is 0 Å². The molecule has 62 valence electrons. The molecule has 0 aliphatic rings. The molecule has 0 heterocycles. The Hall–Kier alpha value is -0.320. The van der Waals surface area contributed by atoms with E-state index in [2.05, 4.69) is 0 Å². The molecular weight excluding hydrogens is 156 g/mol. The standard InChI is InChI=1S/C5H12N2O2.ClH/c1-9-4(3-6)2-5(7)8;/h4H,2-3,6H2,1H3,(H2,7,8);1H. The van der Waals surface area contributed by atoms with E-state index in [1.54, 1.807) is 0 Å². The lowest BCUT2D eigenvalue weighted by molar-refractivity contribution is -0.120. The summed E-state index contributed by atoms with van der Waals surface area (Å²) in [6.07, 6.45) is -0.0185. The zero-order valence-electron chi connectivity index (χ0n) is 5.87. The van der Waals surface area contributed by atoms with E-state index in [1.807, 2.05) is 0 Å². The monoisotopic (exact) mass is 168 g/mol. The van der Waals surface area contributed by atoms with Crippen LogP contribution in [0.3, 0.4) is 0 Å². The summed E-state index contributed by atoms with van der Waals surface area (Å²) < 4.78 is 4.78. The fourth-order valence-electron chi connectivity index (χ4n) is 0.487. The minimum atomic E-state index is -0.382. The molecule has 0 radical (unpaired) electrons. The van der Waals surface area contributed by atoms with E-state index in [1.165, 1.54) is 7.11 Å². The third kappa shape index (κ3) is 5.81. The van der Waals surface area contributed by atoms with Crippen molar-refractivity contribution in [1.29, 1.82) is 0 Å². The van der Waals surface area contributed by atoms with Crippen molar-refractivity contribution in [3.05, 3.63) is 0 Å². The Balaban J connectivity index is 0. The highest BCUT2D eigenvalue weighted by Crippen LogP contribution is 1.91. The predicted molar refractivity (Wildman–Crippen MR) is 40.9 cm³/mol. The van der Waals surface area contributed by atoms with Crippen LogP contribution in [0.4, 0.5) is 0 Å². The lowest BCUT2D eigenvalue weighted by Gasteiger charge is -2.08. The van der Waals surface area contributed by atoms with E-state index in [0.29, 0.717) is 6.54 Å². The van der Waals surface area contributed by atoms with Gasteiger partial charge in [0.15, 0.2) is 0 Å². The molecule has 0 aromatic rings. The topological polar surface area (TPSA) is 78.3 Å². The fourth-order valence-corrected chi connectivity index (χ4v) is 0.487. The Kier molecular flexibility index (Phi) is 8.40. The van der Waals surface area contributed by atoms with Crippen LogP contribution in [0.25, 0.3) is 0 Å². The smallest absolute Gasteiger partial charge is 0.220 e. The summed E-state index contributed by atoms with van der Waals surface area (Å²) in [5.41, 5.74) is 10.1. The van der Waals surface area contributed by atoms with Crippen molar-refractivity contribution >= 4 is 18.3 Å². The third-order valence-corrected chi connectivity index (χ3v) is 1.03. The summed E-state index contributed by atoms with van der Waals surface area (Å²) in [7, 11) is 1.50. The maximum atomic E-state index is 10.2. The van der Waals surface area contributed by atoms with Crippen LogP contribution >= 0.6 is 12.4 Å². The second-order valence-corrected chi connectivity index (χ2v) is 1.76. The minimum Gasteiger partial charge on any atom is -0.380 e. The number of halogens is 1. The van der Waals surface area contributed by atoms with Gasteiger partial charge in [-0.3, -0.25) is 4.79 Å². The van der Waals surface area contributed by atoms with Crippen LogP contribution in [-0.2, 0) is 9.53 Å². The van der Waals surface area contributed by atoms with Crippen molar-refractivity contribution in [2.24, 2.45) is 11.5 Å². The number of hydrogen-bond acceptors (Lipinski definition) is 3. The number of carbonyl (C=O) groups is 1. The molecule has 1 unspecified atom stereocenters. The zero-order valence-corrected chi connectivity index (χ0v) is 6.69. The maximum absolute atomic E-state index is 10.2. The molecule has 0 rings (SSSR count). The van der Waals surface area contributed by atoms with Crippen LogP contribution in [0.1, 0.15) is 6.42 Å². The van der Waals surface area contributed by atoms with Crippen molar-refractivity contribution in [3.63, 3.8) is 0 Å². The van der Waals surface area contributed by atoms with Gasteiger partial charge in [0.2, 0.25) is 5.91 Å². The summed E-state index contributed by atoms with van der Waals surface area (Å²) in [5.74, 6) is -0.382. The summed E-state index contributed by atoms with van der Waals surface area (Å²) in [4.78, 5) is 10.2. The second kappa shape index (κ2) is 6.80. The van der Waals surface area contributed by atoms with E-state index < -0.39 is 0 Å². The van der Waals surface area contributed by atoms with Gasteiger partial charge < -0.3 is 16.2 Å². The summed E-state index contributed by atoms with van der Waals surface area (Å²) in [6.45, 7) is 0.333. The van der Waals surface area contributed by atoms with Crippen LogP contribution in [0, 0.1) is 0 Å². The van der Waals surface area contributed by atoms with Gasteiger partial charge in [0.25, 0.3) is 0 Å². The van der Waals surface area contributed by atoms with Gasteiger partial charge in [0.1, 0.15) is 0 Å². The number of ether oxygens (including phenoxy) is 1. The zero-order chi connectivity index (χ0) is 7.28. The number of methoxy groups -OCH3 is 1. The Morgan fingerprint density at radius 2 is 2.20 bits per heavy atom. The van der Waals surface area contributed by atoms with Gasteiger partial charge >= 0.3 is 0 Å². The molecule has 0 aliphatic carbocycles. The highest BCUT2D eigenvalue weighted by atomic mass is 35.5. The molecule has 0 saturated heterocycles. The quantitative estimate of drug-likeness (QED) is 0.580. The predicted octanol–water partition coefficient (Wildman–Crippen LogP) is -0.743. The Bertz CT molecular complexity index is 95.6. The van der Waals surface area contributed by atoms with Gasteiger partial charge in [0.05, 0.1) is 12.5 Å². The van der Waals surface area contributed by atoms with E-state index in [-0.39, 0.29) is 30.8 Å². The van der Waals surface area contributed by atoms with Gasteiger partial charge in [-0.25, -0.2) is 0 Å². The first-order valence-electron chi connectivity index (χ1n) is 2.72. The fraction of sp³-hybridized carbons (Fsp3) is 0.800. The first kappa shape index (κ1) is 12.4. The van der Waals surface area contributed by atoms with Crippen LogP contribution in [-0.4, -0.2) is 25.7 Å². The largest absolute Gasteiger partial charge is 0.380 e. The van der Waals surface area contributed by atoms with Crippen LogP contribution in [0.15, 0.2) is 0 Å². The molecule has 5 heteroatoms. The molecule has 0 fully saturated rings. The third-order valence-electron chi connectivity index (χ3n) is 1.03. The van der Waals surface area contributed by atoms with Gasteiger partial charge in [-0.1, -0.05) is 0 Å².